The number of carbonyl (C=O) groups excluding carboxylic acids is 1. The fraction of sp³-hybridized carbons (Fsp3) is 0.316. The Balaban J connectivity index is 1.54. The summed E-state index contributed by atoms with van der Waals surface area (Å²) in [6, 6.07) is 10.1. The minimum Gasteiger partial charge on any atom is -0.497 e. The van der Waals surface area contributed by atoms with Gasteiger partial charge in [-0.3, -0.25) is 4.79 Å². The third-order valence-electron chi connectivity index (χ3n) is 4.54. The zero-order valence-electron chi connectivity index (χ0n) is 15.7. The Morgan fingerprint density at radius 1 is 1.07 bits per heavy atom. The van der Waals surface area contributed by atoms with Crippen LogP contribution in [0.25, 0.3) is 0 Å². The van der Waals surface area contributed by atoms with Gasteiger partial charge < -0.3 is 14.4 Å². The Labute approximate surface area is 173 Å². The van der Waals surface area contributed by atoms with Crippen molar-refractivity contribution in [2.45, 2.75) is 4.90 Å². The van der Waals surface area contributed by atoms with E-state index >= 15 is 0 Å². The molecular formula is C19H20ClFN2O5S. The number of carbonyl (C=O) groups is 1. The molecule has 2 aromatic carbocycles. The van der Waals surface area contributed by atoms with Crippen molar-refractivity contribution in [1.29, 1.82) is 0 Å². The van der Waals surface area contributed by atoms with Crippen molar-refractivity contribution < 1.29 is 27.1 Å². The molecule has 29 heavy (non-hydrogen) atoms. The van der Waals surface area contributed by atoms with Crippen LogP contribution in [0.5, 0.6) is 11.5 Å². The molecular weight excluding hydrogens is 423 g/mol. The fourth-order valence-electron chi connectivity index (χ4n) is 2.87. The molecule has 0 atom stereocenters. The molecule has 0 bridgehead atoms. The van der Waals surface area contributed by atoms with Crippen molar-refractivity contribution in [3.05, 3.63) is 53.3 Å². The lowest BCUT2D eigenvalue weighted by Crippen LogP contribution is -2.51. The topological polar surface area (TPSA) is 76.2 Å². The normalized spacial score (nSPS) is 15.2. The van der Waals surface area contributed by atoms with Crippen LogP contribution in [0.4, 0.5) is 4.39 Å². The van der Waals surface area contributed by atoms with Gasteiger partial charge in [-0.25, -0.2) is 12.8 Å². The molecule has 1 aliphatic rings. The number of halogens is 2. The van der Waals surface area contributed by atoms with E-state index in [2.05, 4.69) is 0 Å². The number of hydrogen-bond acceptors (Lipinski definition) is 5. The molecule has 10 heteroatoms. The summed E-state index contributed by atoms with van der Waals surface area (Å²) in [5.41, 5.74) is 0. The van der Waals surface area contributed by atoms with Crippen LogP contribution < -0.4 is 9.47 Å². The molecule has 0 aromatic heterocycles. The number of benzene rings is 2. The van der Waals surface area contributed by atoms with Crippen molar-refractivity contribution >= 4 is 27.5 Å². The number of ether oxygens (including phenoxy) is 2. The largest absolute Gasteiger partial charge is 0.497 e. The van der Waals surface area contributed by atoms with Crippen LogP contribution in [0, 0.1) is 5.82 Å². The number of rotatable bonds is 6. The first-order valence-corrected chi connectivity index (χ1v) is 10.6. The van der Waals surface area contributed by atoms with Gasteiger partial charge in [0.25, 0.3) is 5.91 Å². The molecule has 1 aliphatic heterocycles. The molecule has 156 valence electrons. The predicted molar refractivity (Wildman–Crippen MR) is 105 cm³/mol. The van der Waals surface area contributed by atoms with Crippen molar-refractivity contribution in [2.75, 3.05) is 39.9 Å². The van der Waals surface area contributed by atoms with Gasteiger partial charge >= 0.3 is 0 Å². The van der Waals surface area contributed by atoms with Gasteiger partial charge in [-0.1, -0.05) is 11.6 Å². The molecule has 1 fully saturated rings. The van der Waals surface area contributed by atoms with Crippen LogP contribution in [0.3, 0.4) is 0 Å². The van der Waals surface area contributed by atoms with Crippen LogP contribution >= 0.6 is 11.6 Å². The highest BCUT2D eigenvalue weighted by Crippen LogP contribution is 2.23. The molecule has 0 N–H and O–H groups in total. The third kappa shape index (κ3) is 4.98. The Kier molecular flexibility index (Phi) is 6.61. The highest BCUT2D eigenvalue weighted by molar-refractivity contribution is 7.89. The zero-order chi connectivity index (χ0) is 21.0. The van der Waals surface area contributed by atoms with Gasteiger partial charge in [0.1, 0.15) is 17.3 Å². The van der Waals surface area contributed by atoms with E-state index in [-0.39, 0.29) is 48.6 Å². The molecule has 7 nitrogen and oxygen atoms in total. The maximum atomic E-state index is 13.3. The predicted octanol–water partition coefficient (Wildman–Crippen LogP) is 2.40. The highest BCUT2D eigenvalue weighted by Gasteiger charge is 2.30. The molecule has 1 heterocycles. The molecule has 1 saturated heterocycles. The molecule has 0 spiro atoms. The van der Waals surface area contributed by atoms with Gasteiger partial charge in [0.05, 0.1) is 17.0 Å². The lowest BCUT2D eigenvalue weighted by atomic mass is 10.3. The molecule has 1 amide bonds. The number of hydrogen-bond donors (Lipinski definition) is 0. The Morgan fingerprint density at radius 3 is 2.28 bits per heavy atom. The molecule has 0 unspecified atom stereocenters. The molecule has 0 aliphatic carbocycles. The molecule has 0 radical (unpaired) electrons. The van der Waals surface area contributed by atoms with E-state index in [1.165, 1.54) is 10.4 Å². The van der Waals surface area contributed by atoms with Gasteiger partial charge in [-0.15, -0.1) is 0 Å². The van der Waals surface area contributed by atoms with Crippen molar-refractivity contribution in [1.82, 2.24) is 9.21 Å². The number of amides is 1. The number of nitrogens with zero attached hydrogens (tertiary/aromatic N) is 2. The summed E-state index contributed by atoms with van der Waals surface area (Å²) in [5, 5.41) is -0.254. The van der Waals surface area contributed by atoms with E-state index in [1.54, 1.807) is 36.3 Å². The number of sulfonamides is 1. The second-order valence-electron chi connectivity index (χ2n) is 6.32. The fourth-order valence-corrected chi connectivity index (χ4v) is 4.57. The average molecular weight is 443 g/mol. The Morgan fingerprint density at radius 2 is 1.69 bits per heavy atom. The minimum absolute atomic E-state index is 0.0773. The van der Waals surface area contributed by atoms with Gasteiger partial charge in [-0.2, -0.15) is 4.31 Å². The van der Waals surface area contributed by atoms with E-state index in [1.807, 2.05) is 0 Å². The number of piperazine rings is 1. The SMILES string of the molecule is COc1ccc(OCC(=O)N2CCN(S(=O)(=O)c3ccc(F)c(Cl)c3)CC2)cc1. The van der Waals surface area contributed by atoms with Gasteiger partial charge in [0.2, 0.25) is 10.0 Å². The van der Waals surface area contributed by atoms with E-state index in [9.17, 15) is 17.6 Å². The smallest absolute Gasteiger partial charge is 0.260 e. The van der Waals surface area contributed by atoms with Crippen LogP contribution in [0.15, 0.2) is 47.4 Å². The van der Waals surface area contributed by atoms with Gasteiger partial charge in [0.15, 0.2) is 6.61 Å². The maximum Gasteiger partial charge on any atom is 0.260 e. The van der Waals surface area contributed by atoms with Gasteiger partial charge in [0, 0.05) is 26.2 Å². The van der Waals surface area contributed by atoms with Crippen LogP contribution in [0.2, 0.25) is 5.02 Å². The first-order chi connectivity index (χ1) is 13.8. The highest BCUT2D eigenvalue weighted by atomic mass is 35.5. The van der Waals surface area contributed by atoms with E-state index in [0.717, 1.165) is 12.1 Å². The standard InChI is InChI=1S/C19H20ClFN2O5S/c1-27-14-2-4-15(5-3-14)28-13-19(24)22-8-10-23(11-9-22)29(25,26)16-6-7-18(21)17(20)12-16/h2-7,12H,8-11,13H2,1H3. The second kappa shape index (κ2) is 8.98. The second-order valence-corrected chi connectivity index (χ2v) is 8.67. The zero-order valence-corrected chi connectivity index (χ0v) is 17.2. The molecule has 3 rings (SSSR count). The first-order valence-electron chi connectivity index (χ1n) is 8.81. The number of methoxy groups -OCH3 is 1. The summed E-state index contributed by atoms with van der Waals surface area (Å²) in [7, 11) is -2.25. The first kappa shape index (κ1) is 21.4. The van der Waals surface area contributed by atoms with E-state index in [4.69, 9.17) is 21.1 Å². The van der Waals surface area contributed by atoms with Crippen LogP contribution in [0.1, 0.15) is 0 Å². The van der Waals surface area contributed by atoms with Crippen molar-refractivity contribution in [2.24, 2.45) is 0 Å². The summed E-state index contributed by atoms with van der Waals surface area (Å²) in [5.74, 6) is 0.303. The van der Waals surface area contributed by atoms with Crippen LogP contribution in [-0.2, 0) is 14.8 Å². The summed E-state index contributed by atoms with van der Waals surface area (Å²) in [6.45, 7) is 0.585. The van der Waals surface area contributed by atoms with Gasteiger partial charge in [-0.05, 0) is 42.5 Å². The monoisotopic (exact) mass is 442 g/mol. The Hall–Kier alpha value is -2.36. The summed E-state index contributed by atoms with van der Waals surface area (Å²) < 4.78 is 50.5. The van der Waals surface area contributed by atoms with Crippen molar-refractivity contribution in [3.8, 4) is 11.5 Å². The van der Waals surface area contributed by atoms with E-state index in [0.29, 0.717) is 11.5 Å². The lowest BCUT2D eigenvalue weighted by Gasteiger charge is -2.34. The molecule has 0 saturated carbocycles. The van der Waals surface area contributed by atoms with Crippen molar-refractivity contribution in [3.63, 3.8) is 0 Å². The minimum atomic E-state index is -3.81. The average Bonchev–Trinajstić information content (AvgIpc) is 2.74. The summed E-state index contributed by atoms with van der Waals surface area (Å²) in [4.78, 5) is 13.8. The lowest BCUT2D eigenvalue weighted by molar-refractivity contribution is -0.134. The third-order valence-corrected chi connectivity index (χ3v) is 6.73. The van der Waals surface area contributed by atoms with E-state index < -0.39 is 15.8 Å². The summed E-state index contributed by atoms with van der Waals surface area (Å²) in [6.07, 6.45) is 0. The summed E-state index contributed by atoms with van der Waals surface area (Å²) >= 11 is 5.69. The maximum absolute atomic E-state index is 13.3. The molecule has 2 aromatic rings. The Bertz CT molecular complexity index is 977. The van der Waals surface area contributed by atoms with Crippen LogP contribution in [-0.4, -0.2) is 63.4 Å². The quantitative estimate of drug-likeness (QED) is 0.686.